The van der Waals surface area contributed by atoms with Crippen molar-refractivity contribution in [3.05, 3.63) is 27.8 Å². The first-order chi connectivity index (χ1) is 12.0. The molecule has 0 aliphatic carbocycles. The molecular weight excluding hydrogens is 342 g/mol. The quantitative estimate of drug-likeness (QED) is 0.495. The van der Waals surface area contributed by atoms with Gasteiger partial charge in [-0.05, 0) is 6.42 Å². The summed E-state index contributed by atoms with van der Waals surface area (Å²) in [6, 6.07) is 2.06. The van der Waals surface area contributed by atoms with Crippen molar-refractivity contribution in [1.82, 2.24) is 19.9 Å². The van der Waals surface area contributed by atoms with Crippen LogP contribution in [0.15, 0.2) is 17.1 Å². The molecule has 0 saturated carbocycles. The van der Waals surface area contributed by atoms with Crippen LogP contribution in [0.5, 0.6) is 0 Å². The van der Waals surface area contributed by atoms with Crippen LogP contribution in [0.2, 0.25) is 5.15 Å². The van der Waals surface area contributed by atoms with Gasteiger partial charge in [-0.15, -0.1) is 0 Å². The average Bonchev–Trinajstić information content (AvgIpc) is 2.58. The Balaban J connectivity index is 2.25. The van der Waals surface area contributed by atoms with Gasteiger partial charge in [0.25, 0.3) is 5.56 Å². The number of anilines is 1. The van der Waals surface area contributed by atoms with E-state index in [0.717, 1.165) is 13.0 Å². The molecule has 0 spiro atoms. The van der Waals surface area contributed by atoms with E-state index in [0.29, 0.717) is 54.3 Å². The summed E-state index contributed by atoms with van der Waals surface area (Å²) >= 11 is 5.99. The fraction of sp³-hybridized carbons (Fsp3) is 0.588. The molecule has 0 atom stereocenters. The molecule has 138 valence electrons. The molecule has 0 unspecified atom stereocenters. The molecule has 7 nitrogen and oxygen atoms in total. The van der Waals surface area contributed by atoms with Crippen LogP contribution in [0.1, 0.15) is 27.2 Å². The zero-order valence-corrected chi connectivity index (χ0v) is 15.8. The molecule has 2 N–H and O–H groups in total. The first-order valence-corrected chi connectivity index (χ1v) is 9.01. The molecule has 0 fully saturated rings. The first kappa shape index (κ1) is 19.6. The molecule has 2 aromatic rings. The minimum absolute atomic E-state index is 0.181. The highest BCUT2D eigenvalue weighted by molar-refractivity contribution is 6.29. The Hall–Kier alpha value is -1.70. The second-order valence-corrected chi connectivity index (χ2v) is 6.45. The van der Waals surface area contributed by atoms with Crippen LogP contribution in [-0.4, -0.2) is 46.9 Å². The van der Waals surface area contributed by atoms with Gasteiger partial charge in [-0.1, -0.05) is 32.4 Å². The lowest BCUT2D eigenvalue weighted by Gasteiger charge is -2.14. The van der Waals surface area contributed by atoms with Crippen LogP contribution in [-0.2, 0) is 11.3 Å². The van der Waals surface area contributed by atoms with Crippen LogP contribution in [0.25, 0.3) is 11.0 Å². The maximum absolute atomic E-state index is 12.8. The summed E-state index contributed by atoms with van der Waals surface area (Å²) in [7, 11) is 0. The second kappa shape index (κ2) is 9.70. The zero-order chi connectivity index (χ0) is 18.2. The molecule has 0 amide bonds. The van der Waals surface area contributed by atoms with Gasteiger partial charge in [-0.25, -0.2) is 9.97 Å². The van der Waals surface area contributed by atoms with E-state index in [2.05, 4.69) is 34.4 Å². The third-order valence-corrected chi connectivity index (χ3v) is 3.78. The minimum Gasteiger partial charge on any atom is -0.380 e. The van der Waals surface area contributed by atoms with Gasteiger partial charge in [0.2, 0.25) is 0 Å². The summed E-state index contributed by atoms with van der Waals surface area (Å²) < 4.78 is 7.17. The van der Waals surface area contributed by atoms with Gasteiger partial charge in [-0.2, -0.15) is 0 Å². The van der Waals surface area contributed by atoms with E-state index in [-0.39, 0.29) is 5.56 Å². The second-order valence-electron chi connectivity index (χ2n) is 6.06. The lowest BCUT2D eigenvalue weighted by atomic mass is 10.3. The molecule has 8 heteroatoms. The number of hydrogen-bond acceptors (Lipinski definition) is 6. The fourth-order valence-corrected chi connectivity index (χ4v) is 2.55. The fourth-order valence-electron chi connectivity index (χ4n) is 2.40. The lowest BCUT2D eigenvalue weighted by Crippen LogP contribution is -2.32. The van der Waals surface area contributed by atoms with Crippen molar-refractivity contribution in [2.75, 3.05) is 31.6 Å². The Morgan fingerprint density at radius 3 is 2.84 bits per heavy atom. The molecule has 2 aromatic heterocycles. The van der Waals surface area contributed by atoms with E-state index >= 15 is 0 Å². The average molecular weight is 368 g/mol. The predicted octanol–water partition coefficient (Wildman–Crippen LogP) is 2.28. The molecular formula is C17H26ClN5O2. The van der Waals surface area contributed by atoms with Crippen molar-refractivity contribution in [3.63, 3.8) is 0 Å². The lowest BCUT2D eigenvalue weighted by molar-refractivity contribution is 0.127. The van der Waals surface area contributed by atoms with Crippen molar-refractivity contribution in [2.45, 2.75) is 39.8 Å². The standard InChI is InChI=1S/C17H26ClN5O2/c1-4-8-25-9-7-23-14-10-15(18)21-11-13(14)22-16(17(23)24)20-6-5-19-12(2)3/h10-12,19H,4-9H2,1-3H3,(H,20,22). The van der Waals surface area contributed by atoms with Crippen molar-refractivity contribution >= 4 is 28.5 Å². The van der Waals surface area contributed by atoms with Crippen LogP contribution in [0.4, 0.5) is 5.82 Å². The van der Waals surface area contributed by atoms with Gasteiger partial charge in [0, 0.05) is 38.3 Å². The molecule has 0 radical (unpaired) electrons. The molecule has 0 bridgehead atoms. The Morgan fingerprint density at radius 1 is 1.32 bits per heavy atom. The first-order valence-electron chi connectivity index (χ1n) is 8.64. The number of rotatable bonds is 10. The van der Waals surface area contributed by atoms with Gasteiger partial charge in [0.05, 0.1) is 18.3 Å². The summed E-state index contributed by atoms with van der Waals surface area (Å²) in [6.07, 6.45) is 2.52. The maximum Gasteiger partial charge on any atom is 0.293 e. The molecule has 0 aromatic carbocycles. The highest BCUT2D eigenvalue weighted by Crippen LogP contribution is 2.15. The maximum atomic E-state index is 12.8. The Morgan fingerprint density at radius 2 is 2.12 bits per heavy atom. The van der Waals surface area contributed by atoms with Gasteiger partial charge in [0.15, 0.2) is 5.82 Å². The zero-order valence-electron chi connectivity index (χ0n) is 15.0. The van der Waals surface area contributed by atoms with Crippen molar-refractivity contribution in [3.8, 4) is 0 Å². The number of nitrogens with one attached hydrogen (secondary N) is 2. The number of halogens is 1. The number of pyridine rings is 1. The van der Waals surface area contributed by atoms with E-state index < -0.39 is 0 Å². The van der Waals surface area contributed by atoms with E-state index in [4.69, 9.17) is 16.3 Å². The molecule has 0 aliphatic rings. The highest BCUT2D eigenvalue weighted by atomic mass is 35.5. The van der Waals surface area contributed by atoms with Crippen molar-refractivity contribution < 1.29 is 4.74 Å². The SMILES string of the molecule is CCCOCCn1c(=O)c(NCCNC(C)C)nc2cnc(Cl)cc21. The number of aromatic nitrogens is 3. The van der Waals surface area contributed by atoms with Gasteiger partial charge >= 0.3 is 0 Å². The summed E-state index contributed by atoms with van der Waals surface area (Å²) in [4.78, 5) is 21.3. The van der Waals surface area contributed by atoms with Gasteiger partial charge in [-0.3, -0.25) is 4.79 Å². The van der Waals surface area contributed by atoms with Gasteiger partial charge < -0.3 is 19.9 Å². The molecule has 25 heavy (non-hydrogen) atoms. The van der Waals surface area contributed by atoms with Crippen LogP contribution in [0, 0.1) is 0 Å². The van der Waals surface area contributed by atoms with Crippen LogP contribution < -0.4 is 16.2 Å². The smallest absolute Gasteiger partial charge is 0.293 e. The van der Waals surface area contributed by atoms with E-state index in [1.165, 1.54) is 0 Å². The van der Waals surface area contributed by atoms with Crippen LogP contribution >= 0.6 is 11.6 Å². The van der Waals surface area contributed by atoms with Crippen LogP contribution in [0.3, 0.4) is 0 Å². The van der Waals surface area contributed by atoms with E-state index in [9.17, 15) is 4.79 Å². The van der Waals surface area contributed by atoms with E-state index in [1.54, 1.807) is 16.8 Å². The Bertz CT molecular complexity index is 748. The predicted molar refractivity (Wildman–Crippen MR) is 102 cm³/mol. The Kier molecular flexibility index (Phi) is 7.61. The van der Waals surface area contributed by atoms with Gasteiger partial charge in [0.1, 0.15) is 10.7 Å². The van der Waals surface area contributed by atoms with E-state index in [1.807, 2.05) is 6.92 Å². The largest absolute Gasteiger partial charge is 0.380 e. The summed E-state index contributed by atoms with van der Waals surface area (Å²) in [5, 5.41) is 6.73. The number of hydrogen-bond donors (Lipinski definition) is 2. The van der Waals surface area contributed by atoms with Crippen molar-refractivity contribution in [2.24, 2.45) is 0 Å². The third-order valence-electron chi connectivity index (χ3n) is 3.58. The number of ether oxygens (including phenoxy) is 1. The molecule has 0 aliphatic heterocycles. The topological polar surface area (TPSA) is 81.1 Å². The monoisotopic (exact) mass is 367 g/mol. The summed E-state index contributed by atoms with van der Waals surface area (Å²) in [5.41, 5.74) is 1.11. The normalized spacial score (nSPS) is 11.4. The number of nitrogens with zero attached hydrogens (tertiary/aromatic N) is 3. The highest BCUT2D eigenvalue weighted by Gasteiger charge is 2.12. The summed E-state index contributed by atoms with van der Waals surface area (Å²) in [5.74, 6) is 0.317. The minimum atomic E-state index is -0.181. The molecule has 2 heterocycles. The number of fused-ring (bicyclic) bond motifs is 1. The molecule has 2 rings (SSSR count). The third kappa shape index (κ3) is 5.66. The molecule has 0 saturated heterocycles. The summed E-state index contributed by atoms with van der Waals surface area (Å²) in [6.45, 7) is 9.13. The Labute approximate surface area is 152 Å². The van der Waals surface area contributed by atoms with Crippen molar-refractivity contribution in [1.29, 1.82) is 0 Å².